The van der Waals surface area contributed by atoms with E-state index < -0.39 is 0 Å². The fourth-order valence-corrected chi connectivity index (χ4v) is 2.01. The summed E-state index contributed by atoms with van der Waals surface area (Å²) < 4.78 is 0. The number of hydrogen-bond acceptors (Lipinski definition) is 2. The average Bonchev–Trinajstić information content (AvgIpc) is 2.24. The Morgan fingerprint density at radius 3 is 2.56 bits per heavy atom. The summed E-state index contributed by atoms with van der Waals surface area (Å²) in [6.45, 7) is 0. The van der Waals surface area contributed by atoms with Gasteiger partial charge in [0.1, 0.15) is 5.78 Å². The van der Waals surface area contributed by atoms with Crippen LogP contribution in [-0.2, 0) is 4.79 Å². The highest BCUT2D eigenvalue weighted by Crippen LogP contribution is 2.41. The zero-order valence-electron chi connectivity index (χ0n) is 5.21. The monoisotopic (exact) mass is 126 g/mol. The third kappa shape index (κ3) is 0.628. The van der Waals surface area contributed by atoms with Crippen LogP contribution in [0.1, 0.15) is 19.3 Å². The Balaban J connectivity index is 2.19. The highest BCUT2D eigenvalue weighted by Gasteiger charge is 2.44. The number of carbonyl (C=O) groups excluding carboxylic acids is 1. The molecule has 0 aliphatic heterocycles. The van der Waals surface area contributed by atoms with E-state index in [1.807, 2.05) is 0 Å². The summed E-state index contributed by atoms with van der Waals surface area (Å²) in [6.07, 6.45) is 2.18. The lowest BCUT2D eigenvalue weighted by Crippen LogP contribution is -2.20. The number of ketones is 1. The van der Waals surface area contributed by atoms with E-state index in [0.717, 1.165) is 12.8 Å². The minimum atomic E-state index is -0.160. The van der Waals surface area contributed by atoms with Gasteiger partial charge < -0.3 is 5.11 Å². The average molecular weight is 126 g/mol. The van der Waals surface area contributed by atoms with Gasteiger partial charge in [0.05, 0.1) is 6.10 Å². The van der Waals surface area contributed by atoms with E-state index in [2.05, 4.69) is 0 Å². The van der Waals surface area contributed by atoms with Crippen LogP contribution in [0, 0.1) is 11.8 Å². The molecule has 1 N–H and O–H groups in total. The maximum atomic E-state index is 10.9. The number of aliphatic hydroxyl groups excluding tert-OH is 1. The Labute approximate surface area is 53.9 Å². The van der Waals surface area contributed by atoms with E-state index in [0.29, 0.717) is 18.1 Å². The minimum absolute atomic E-state index is 0.160. The van der Waals surface area contributed by atoms with Crippen LogP contribution in [0.3, 0.4) is 0 Å². The predicted octanol–water partition coefficient (Wildman–Crippen LogP) is 0.346. The van der Waals surface area contributed by atoms with Gasteiger partial charge in [-0.15, -0.1) is 0 Å². The highest BCUT2D eigenvalue weighted by atomic mass is 16.3. The van der Waals surface area contributed by atoms with Crippen LogP contribution in [0.2, 0.25) is 0 Å². The number of rotatable bonds is 0. The molecule has 2 saturated carbocycles. The molecule has 2 aliphatic rings. The molecular weight excluding hydrogens is 116 g/mol. The standard InChI is InChI=1S/C7H10O2/c8-6-2-4-1-5(6)3-7(4)9/h4-6,8H,1-3H2/t4-,5-,6-/m0/s1. The quantitative estimate of drug-likeness (QED) is 0.508. The Bertz CT molecular complexity index is 151. The van der Waals surface area contributed by atoms with Gasteiger partial charge in [-0.3, -0.25) is 4.79 Å². The Morgan fingerprint density at radius 2 is 2.22 bits per heavy atom. The first-order chi connectivity index (χ1) is 4.27. The van der Waals surface area contributed by atoms with Crippen molar-refractivity contribution in [3.05, 3.63) is 0 Å². The zero-order valence-corrected chi connectivity index (χ0v) is 5.21. The van der Waals surface area contributed by atoms with Crippen LogP contribution >= 0.6 is 0 Å². The highest BCUT2D eigenvalue weighted by molar-refractivity contribution is 5.84. The fourth-order valence-electron chi connectivity index (χ4n) is 2.01. The summed E-state index contributed by atoms with van der Waals surface area (Å²) in [6, 6.07) is 0. The summed E-state index contributed by atoms with van der Waals surface area (Å²) in [7, 11) is 0. The second-order valence-electron chi connectivity index (χ2n) is 3.17. The molecule has 0 radical (unpaired) electrons. The van der Waals surface area contributed by atoms with Crippen LogP contribution < -0.4 is 0 Å². The fraction of sp³-hybridized carbons (Fsp3) is 0.857. The van der Waals surface area contributed by atoms with Crippen molar-refractivity contribution in [2.75, 3.05) is 0 Å². The number of fused-ring (bicyclic) bond motifs is 2. The van der Waals surface area contributed by atoms with Crippen molar-refractivity contribution in [1.82, 2.24) is 0 Å². The number of Topliss-reactive ketones (excluding diaryl/α,β-unsaturated/α-hetero) is 1. The van der Waals surface area contributed by atoms with Gasteiger partial charge in [-0.25, -0.2) is 0 Å². The van der Waals surface area contributed by atoms with Crippen LogP contribution in [0.15, 0.2) is 0 Å². The van der Waals surface area contributed by atoms with Gasteiger partial charge in [0.2, 0.25) is 0 Å². The second kappa shape index (κ2) is 1.57. The topological polar surface area (TPSA) is 37.3 Å². The number of aliphatic hydroxyl groups is 1. The maximum Gasteiger partial charge on any atom is 0.136 e. The first-order valence-electron chi connectivity index (χ1n) is 3.48. The predicted molar refractivity (Wildman–Crippen MR) is 31.8 cm³/mol. The first-order valence-corrected chi connectivity index (χ1v) is 3.48. The van der Waals surface area contributed by atoms with Crippen molar-refractivity contribution >= 4 is 5.78 Å². The molecule has 50 valence electrons. The van der Waals surface area contributed by atoms with Gasteiger partial charge >= 0.3 is 0 Å². The minimum Gasteiger partial charge on any atom is -0.393 e. The molecule has 3 atom stereocenters. The first kappa shape index (κ1) is 5.42. The Morgan fingerprint density at radius 1 is 1.44 bits per heavy atom. The van der Waals surface area contributed by atoms with E-state index in [9.17, 15) is 9.90 Å². The van der Waals surface area contributed by atoms with Gasteiger partial charge in [-0.1, -0.05) is 0 Å². The maximum absolute atomic E-state index is 10.9. The van der Waals surface area contributed by atoms with Crippen LogP contribution in [0.25, 0.3) is 0 Å². The zero-order chi connectivity index (χ0) is 6.43. The SMILES string of the molecule is O=C1C[C@@H]2C[C@H]1C[C@@H]2O. The number of carbonyl (C=O) groups is 1. The summed E-state index contributed by atoms with van der Waals surface area (Å²) in [4.78, 5) is 10.9. The third-order valence-electron chi connectivity index (χ3n) is 2.58. The second-order valence-corrected chi connectivity index (χ2v) is 3.17. The molecule has 0 spiro atoms. The molecule has 0 aromatic rings. The van der Waals surface area contributed by atoms with Crippen molar-refractivity contribution < 1.29 is 9.90 Å². The van der Waals surface area contributed by atoms with Gasteiger partial charge in [0.25, 0.3) is 0 Å². The smallest absolute Gasteiger partial charge is 0.136 e. The lowest BCUT2D eigenvalue weighted by atomic mass is 9.97. The summed E-state index contributed by atoms with van der Waals surface area (Å²) in [5.41, 5.74) is 0. The molecule has 2 nitrogen and oxygen atoms in total. The van der Waals surface area contributed by atoms with Crippen LogP contribution in [-0.4, -0.2) is 17.0 Å². The summed E-state index contributed by atoms with van der Waals surface area (Å²) in [5.74, 6) is 0.929. The molecule has 0 heterocycles. The molecular formula is C7H10O2. The summed E-state index contributed by atoms with van der Waals surface area (Å²) in [5, 5.41) is 9.18. The van der Waals surface area contributed by atoms with Crippen molar-refractivity contribution in [3.8, 4) is 0 Å². The van der Waals surface area contributed by atoms with Crippen LogP contribution in [0.4, 0.5) is 0 Å². The molecule has 9 heavy (non-hydrogen) atoms. The molecule has 2 aliphatic carbocycles. The summed E-state index contributed by atoms with van der Waals surface area (Å²) >= 11 is 0. The van der Waals surface area contributed by atoms with E-state index in [1.54, 1.807) is 0 Å². The van der Waals surface area contributed by atoms with Gasteiger partial charge in [-0.05, 0) is 18.8 Å². The van der Waals surface area contributed by atoms with Crippen molar-refractivity contribution in [2.45, 2.75) is 25.4 Å². The lowest BCUT2D eigenvalue weighted by molar-refractivity contribution is -0.123. The van der Waals surface area contributed by atoms with Crippen molar-refractivity contribution in [2.24, 2.45) is 11.8 Å². The normalized spacial score (nSPS) is 48.6. The largest absolute Gasteiger partial charge is 0.393 e. The van der Waals surface area contributed by atoms with Gasteiger partial charge in [0.15, 0.2) is 0 Å². The Kier molecular flexibility index (Phi) is 0.943. The molecule has 0 aromatic carbocycles. The molecule has 0 aromatic heterocycles. The number of hydrogen-bond donors (Lipinski definition) is 1. The molecule has 0 saturated heterocycles. The van der Waals surface area contributed by atoms with E-state index in [1.165, 1.54) is 0 Å². The molecule has 2 fully saturated rings. The van der Waals surface area contributed by atoms with Crippen LogP contribution in [0.5, 0.6) is 0 Å². The van der Waals surface area contributed by atoms with Crippen molar-refractivity contribution in [1.29, 1.82) is 0 Å². The van der Waals surface area contributed by atoms with Crippen molar-refractivity contribution in [3.63, 3.8) is 0 Å². The van der Waals surface area contributed by atoms with E-state index >= 15 is 0 Å². The Hall–Kier alpha value is -0.370. The van der Waals surface area contributed by atoms with E-state index in [-0.39, 0.29) is 12.0 Å². The molecule has 2 rings (SSSR count). The van der Waals surface area contributed by atoms with Gasteiger partial charge in [0, 0.05) is 12.3 Å². The molecule has 2 heteroatoms. The molecule has 2 bridgehead atoms. The lowest BCUT2D eigenvalue weighted by Gasteiger charge is -2.13. The molecule has 0 unspecified atom stereocenters. The third-order valence-corrected chi connectivity index (χ3v) is 2.58. The molecule has 0 amide bonds. The van der Waals surface area contributed by atoms with Gasteiger partial charge in [-0.2, -0.15) is 0 Å². The van der Waals surface area contributed by atoms with E-state index in [4.69, 9.17) is 0 Å².